The largest absolute Gasteiger partial charge is 0.391 e. The molecule has 0 fully saturated rings. The second kappa shape index (κ2) is 3.74. The summed E-state index contributed by atoms with van der Waals surface area (Å²) in [4.78, 5) is 0. The molecule has 1 aromatic carbocycles. The van der Waals surface area contributed by atoms with Crippen molar-refractivity contribution in [3.63, 3.8) is 0 Å². The summed E-state index contributed by atoms with van der Waals surface area (Å²) in [6.45, 7) is -0.846. The van der Waals surface area contributed by atoms with Crippen molar-refractivity contribution in [3.05, 3.63) is 34.9 Å². The Morgan fingerprint density at radius 2 is 1.62 bits per heavy atom. The minimum absolute atomic E-state index is 0.513. The van der Waals surface area contributed by atoms with E-state index in [2.05, 4.69) is 0 Å². The average molecular weight is 194 g/mol. The number of hydrogen-bond donors (Lipinski definition) is 1. The maximum absolute atomic E-state index is 12.7. The van der Waals surface area contributed by atoms with Crippen LogP contribution in [0.4, 0.5) is 17.6 Å². The molecule has 0 aromatic heterocycles. The summed E-state index contributed by atoms with van der Waals surface area (Å²) >= 11 is 0. The summed E-state index contributed by atoms with van der Waals surface area (Å²) in [5.41, 5.74) is -1.32. The van der Waals surface area contributed by atoms with Crippen molar-refractivity contribution in [3.8, 4) is 0 Å². The van der Waals surface area contributed by atoms with Crippen LogP contribution >= 0.6 is 0 Å². The van der Waals surface area contributed by atoms with E-state index < -0.39 is 35.8 Å². The van der Waals surface area contributed by atoms with Crippen LogP contribution in [0.1, 0.15) is 17.6 Å². The molecule has 0 saturated carbocycles. The summed E-state index contributed by atoms with van der Waals surface area (Å²) in [5.74, 6) is -2.31. The normalized spacial score (nSPS) is 10.9. The zero-order chi connectivity index (χ0) is 10.0. The van der Waals surface area contributed by atoms with Crippen molar-refractivity contribution >= 4 is 0 Å². The van der Waals surface area contributed by atoms with Gasteiger partial charge in [-0.15, -0.1) is 0 Å². The number of aliphatic hydroxyl groups excluding tert-OH is 1. The van der Waals surface area contributed by atoms with Crippen LogP contribution in [0.5, 0.6) is 0 Å². The molecule has 0 aliphatic heterocycles. The van der Waals surface area contributed by atoms with Crippen LogP contribution in [-0.2, 0) is 6.61 Å². The molecule has 0 saturated heterocycles. The van der Waals surface area contributed by atoms with Gasteiger partial charge in [-0.05, 0) is 12.1 Å². The third-order valence-corrected chi connectivity index (χ3v) is 1.57. The highest BCUT2D eigenvalue weighted by Crippen LogP contribution is 2.23. The molecule has 0 aliphatic rings. The van der Waals surface area contributed by atoms with E-state index in [-0.39, 0.29) is 0 Å². The first kappa shape index (κ1) is 9.98. The number of halogens is 4. The van der Waals surface area contributed by atoms with E-state index >= 15 is 0 Å². The SMILES string of the molecule is OCc1c(F)cc(C(F)F)cc1F. The van der Waals surface area contributed by atoms with Crippen LogP contribution in [0.2, 0.25) is 0 Å². The first-order chi connectivity index (χ1) is 6.06. The molecule has 72 valence electrons. The lowest BCUT2D eigenvalue weighted by atomic mass is 10.1. The van der Waals surface area contributed by atoms with Crippen molar-refractivity contribution in [2.75, 3.05) is 0 Å². The molecule has 0 radical (unpaired) electrons. The van der Waals surface area contributed by atoms with Gasteiger partial charge in [0, 0.05) is 11.1 Å². The van der Waals surface area contributed by atoms with E-state index in [9.17, 15) is 17.6 Å². The Labute approximate surface area is 71.6 Å². The van der Waals surface area contributed by atoms with Crippen molar-refractivity contribution in [2.24, 2.45) is 0 Å². The maximum Gasteiger partial charge on any atom is 0.264 e. The highest BCUT2D eigenvalue weighted by atomic mass is 19.3. The lowest BCUT2D eigenvalue weighted by molar-refractivity contribution is 0.150. The van der Waals surface area contributed by atoms with Gasteiger partial charge in [0.1, 0.15) is 11.6 Å². The van der Waals surface area contributed by atoms with Crippen molar-refractivity contribution in [1.29, 1.82) is 0 Å². The molecular formula is C8H6F4O. The van der Waals surface area contributed by atoms with Gasteiger partial charge in [-0.1, -0.05) is 0 Å². The van der Waals surface area contributed by atoms with Crippen LogP contribution in [0.25, 0.3) is 0 Å². The first-order valence-corrected chi connectivity index (χ1v) is 3.43. The van der Waals surface area contributed by atoms with Crippen LogP contribution in [0, 0.1) is 11.6 Å². The molecule has 1 nitrogen and oxygen atoms in total. The Morgan fingerprint density at radius 1 is 1.15 bits per heavy atom. The number of benzene rings is 1. The fraction of sp³-hybridized carbons (Fsp3) is 0.250. The Bertz CT molecular complexity index is 288. The van der Waals surface area contributed by atoms with Crippen LogP contribution in [0.15, 0.2) is 12.1 Å². The molecule has 1 N–H and O–H groups in total. The lowest BCUT2D eigenvalue weighted by Crippen LogP contribution is -1.98. The van der Waals surface area contributed by atoms with Crippen LogP contribution < -0.4 is 0 Å². The molecule has 5 heteroatoms. The third kappa shape index (κ3) is 1.98. The van der Waals surface area contributed by atoms with Gasteiger partial charge < -0.3 is 5.11 Å². The summed E-state index contributed by atoms with van der Waals surface area (Å²) in [5, 5.41) is 8.46. The van der Waals surface area contributed by atoms with E-state index in [0.29, 0.717) is 12.1 Å². The Hall–Kier alpha value is -1.10. The van der Waals surface area contributed by atoms with Gasteiger partial charge in [-0.25, -0.2) is 17.6 Å². The van der Waals surface area contributed by atoms with E-state index in [1.807, 2.05) is 0 Å². The third-order valence-electron chi connectivity index (χ3n) is 1.57. The summed E-state index contributed by atoms with van der Waals surface area (Å²) in [6, 6.07) is 1.03. The molecule has 0 heterocycles. The summed E-state index contributed by atoms with van der Waals surface area (Å²) < 4.78 is 49.4. The number of alkyl halides is 2. The zero-order valence-electron chi connectivity index (χ0n) is 6.40. The molecule has 0 spiro atoms. The maximum atomic E-state index is 12.7. The van der Waals surface area contributed by atoms with Gasteiger partial charge in [0.05, 0.1) is 6.61 Å². The van der Waals surface area contributed by atoms with Gasteiger partial charge in [-0.2, -0.15) is 0 Å². The van der Waals surface area contributed by atoms with E-state index in [1.54, 1.807) is 0 Å². The van der Waals surface area contributed by atoms with Gasteiger partial charge in [0.25, 0.3) is 6.43 Å². The van der Waals surface area contributed by atoms with Crippen molar-refractivity contribution < 1.29 is 22.7 Å². The quantitative estimate of drug-likeness (QED) is 0.716. The van der Waals surface area contributed by atoms with Gasteiger partial charge in [0.2, 0.25) is 0 Å². The van der Waals surface area contributed by atoms with E-state index in [0.717, 1.165) is 0 Å². The number of rotatable bonds is 2. The Balaban J connectivity index is 3.20. The standard InChI is InChI=1S/C8H6F4O/c9-6-1-4(8(11)12)2-7(10)5(6)3-13/h1-2,8,13H,3H2. The second-order valence-electron chi connectivity index (χ2n) is 2.42. The van der Waals surface area contributed by atoms with Gasteiger partial charge in [-0.3, -0.25) is 0 Å². The predicted molar refractivity (Wildman–Crippen MR) is 37.2 cm³/mol. The van der Waals surface area contributed by atoms with E-state index in [1.165, 1.54) is 0 Å². The molecule has 1 aromatic rings. The Kier molecular flexibility index (Phi) is 2.87. The fourth-order valence-corrected chi connectivity index (χ4v) is 0.900. The van der Waals surface area contributed by atoms with Crippen molar-refractivity contribution in [1.82, 2.24) is 0 Å². The zero-order valence-corrected chi connectivity index (χ0v) is 6.40. The summed E-state index contributed by atoms with van der Waals surface area (Å²) in [7, 11) is 0. The summed E-state index contributed by atoms with van der Waals surface area (Å²) in [6.07, 6.45) is -2.92. The number of hydrogen-bond acceptors (Lipinski definition) is 1. The fourth-order valence-electron chi connectivity index (χ4n) is 0.900. The predicted octanol–water partition coefficient (Wildman–Crippen LogP) is 2.39. The van der Waals surface area contributed by atoms with Gasteiger partial charge in [0.15, 0.2) is 0 Å². The Morgan fingerprint density at radius 3 is 1.92 bits per heavy atom. The highest BCUT2D eigenvalue weighted by Gasteiger charge is 2.14. The van der Waals surface area contributed by atoms with Crippen LogP contribution in [-0.4, -0.2) is 5.11 Å². The average Bonchev–Trinajstić information content (AvgIpc) is 2.03. The highest BCUT2D eigenvalue weighted by molar-refractivity contribution is 5.26. The first-order valence-electron chi connectivity index (χ1n) is 3.43. The van der Waals surface area contributed by atoms with Crippen LogP contribution in [0.3, 0.4) is 0 Å². The minimum atomic E-state index is -2.92. The molecule has 0 atom stereocenters. The monoisotopic (exact) mass is 194 g/mol. The minimum Gasteiger partial charge on any atom is -0.391 e. The molecule has 1 rings (SSSR count). The molecule has 13 heavy (non-hydrogen) atoms. The molecule has 0 amide bonds. The molecule has 0 bridgehead atoms. The molecular weight excluding hydrogens is 188 g/mol. The smallest absolute Gasteiger partial charge is 0.264 e. The second-order valence-corrected chi connectivity index (χ2v) is 2.42. The lowest BCUT2D eigenvalue weighted by Gasteiger charge is -2.04. The molecule has 0 aliphatic carbocycles. The molecule has 0 unspecified atom stereocenters. The van der Waals surface area contributed by atoms with E-state index in [4.69, 9.17) is 5.11 Å². The number of aliphatic hydroxyl groups is 1. The topological polar surface area (TPSA) is 20.2 Å². The van der Waals surface area contributed by atoms with Gasteiger partial charge >= 0.3 is 0 Å². The van der Waals surface area contributed by atoms with Crippen molar-refractivity contribution in [2.45, 2.75) is 13.0 Å².